The number of carbonyl (C=O) groups is 1. The predicted octanol–water partition coefficient (Wildman–Crippen LogP) is 4.44. The van der Waals surface area contributed by atoms with Crippen LogP contribution in [0.3, 0.4) is 0 Å². The summed E-state index contributed by atoms with van der Waals surface area (Å²) in [5.74, 6) is 0.537. The van der Waals surface area contributed by atoms with Gasteiger partial charge >= 0.3 is 0 Å². The van der Waals surface area contributed by atoms with Gasteiger partial charge in [-0.3, -0.25) is 14.6 Å². The second-order valence-electron chi connectivity index (χ2n) is 10.8. The van der Waals surface area contributed by atoms with Crippen LogP contribution in [0.5, 0.6) is 0 Å². The van der Waals surface area contributed by atoms with Gasteiger partial charge in [0.15, 0.2) is 0 Å². The fourth-order valence-corrected chi connectivity index (χ4v) is 5.03. The van der Waals surface area contributed by atoms with E-state index in [0.717, 1.165) is 50.5 Å². The van der Waals surface area contributed by atoms with E-state index in [0.29, 0.717) is 17.7 Å². The lowest BCUT2D eigenvalue weighted by Gasteiger charge is -2.25. The first-order valence-electron chi connectivity index (χ1n) is 12.2. The van der Waals surface area contributed by atoms with Crippen LogP contribution in [-0.2, 0) is 22.4 Å². The number of amides is 1. The Bertz CT molecular complexity index is 1020. The zero-order valence-corrected chi connectivity index (χ0v) is 20.1. The van der Waals surface area contributed by atoms with Gasteiger partial charge in [-0.15, -0.1) is 0 Å². The van der Waals surface area contributed by atoms with Crippen LogP contribution in [0.15, 0.2) is 66.1 Å². The van der Waals surface area contributed by atoms with Crippen molar-refractivity contribution in [1.82, 2.24) is 9.80 Å². The van der Waals surface area contributed by atoms with E-state index < -0.39 is 0 Å². The Morgan fingerprint density at radius 3 is 2.27 bits per heavy atom. The summed E-state index contributed by atoms with van der Waals surface area (Å²) in [6.45, 7) is 11.4. The second kappa shape index (κ2) is 8.86. The number of fused-ring (bicyclic) bond motifs is 1. The summed E-state index contributed by atoms with van der Waals surface area (Å²) < 4.78 is 6.52. The molecule has 1 aliphatic carbocycles. The quantitative estimate of drug-likeness (QED) is 0.659. The molecule has 5 heteroatoms. The highest BCUT2D eigenvalue weighted by Crippen LogP contribution is 2.33. The molecule has 1 amide bonds. The van der Waals surface area contributed by atoms with Gasteiger partial charge in [-0.05, 0) is 35.1 Å². The smallest absolute Gasteiger partial charge is 0.295 e. The number of para-hydroxylation sites is 1. The van der Waals surface area contributed by atoms with Crippen molar-refractivity contribution in [2.24, 2.45) is 5.41 Å². The van der Waals surface area contributed by atoms with E-state index in [4.69, 9.17) is 4.74 Å². The van der Waals surface area contributed by atoms with Gasteiger partial charge in [0, 0.05) is 38.2 Å². The Hall–Kier alpha value is -2.79. The van der Waals surface area contributed by atoms with Gasteiger partial charge in [0.05, 0.1) is 18.9 Å². The average Bonchev–Trinajstić information content (AvgIpc) is 3.50. The van der Waals surface area contributed by atoms with Crippen LogP contribution in [0.1, 0.15) is 38.3 Å². The first-order chi connectivity index (χ1) is 15.9. The summed E-state index contributed by atoms with van der Waals surface area (Å²) in [5.41, 5.74) is 4.97. The topological polar surface area (TPSA) is 36.0 Å². The van der Waals surface area contributed by atoms with Crippen molar-refractivity contribution >= 4 is 11.6 Å². The number of nitrogens with zero attached hydrogens (tertiary/aromatic N) is 3. The predicted molar refractivity (Wildman–Crippen MR) is 132 cm³/mol. The van der Waals surface area contributed by atoms with Crippen LogP contribution in [-0.4, -0.2) is 54.7 Å². The molecule has 2 heterocycles. The summed E-state index contributed by atoms with van der Waals surface area (Å²) in [5, 5.41) is 0. The summed E-state index contributed by atoms with van der Waals surface area (Å²) in [6.07, 6.45) is 2.91. The van der Waals surface area contributed by atoms with Gasteiger partial charge in [-0.25, -0.2) is 0 Å². The average molecular weight is 446 g/mol. The fourth-order valence-electron chi connectivity index (χ4n) is 5.03. The SMILES string of the molecule is CC(C)(C)CCN1CCN(C2=C(OC3Cc4ccccc4C3)C(=O)N(c3ccccc3)C2)C1. The van der Waals surface area contributed by atoms with Gasteiger partial charge < -0.3 is 9.64 Å². The molecule has 0 atom stereocenters. The number of ether oxygens (including phenoxy) is 1. The Morgan fingerprint density at radius 1 is 0.939 bits per heavy atom. The van der Waals surface area contributed by atoms with Crippen molar-refractivity contribution in [1.29, 1.82) is 0 Å². The lowest BCUT2D eigenvalue weighted by Crippen LogP contribution is -2.31. The van der Waals surface area contributed by atoms with Gasteiger partial charge in [0.2, 0.25) is 5.76 Å². The molecule has 0 spiro atoms. The number of rotatable bonds is 6. The minimum atomic E-state index is -0.0136. The van der Waals surface area contributed by atoms with Crippen molar-refractivity contribution < 1.29 is 9.53 Å². The molecule has 5 nitrogen and oxygen atoms in total. The third-order valence-electron chi connectivity index (χ3n) is 6.99. The van der Waals surface area contributed by atoms with Gasteiger partial charge in [0.1, 0.15) is 6.10 Å². The highest BCUT2D eigenvalue weighted by atomic mass is 16.5. The van der Waals surface area contributed by atoms with E-state index in [1.165, 1.54) is 17.5 Å². The van der Waals surface area contributed by atoms with Gasteiger partial charge in [0.25, 0.3) is 5.91 Å². The zero-order chi connectivity index (χ0) is 23.0. The highest BCUT2D eigenvalue weighted by Gasteiger charge is 2.39. The minimum absolute atomic E-state index is 0.0136. The molecule has 33 heavy (non-hydrogen) atoms. The molecule has 2 aliphatic heterocycles. The number of carbonyl (C=O) groups excluding carboxylic acids is 1. The Balaban J connectivity index is 1.35. The molecule has 0 radical (unpaired) electrons. The molecular formula is C28H35N3O2. The maximum absolute atomic E-state index is 13.6. The number of hydrogen-bond donors (Lipinski definition) is 0. The second-order valence-corrected chi connectivity index (χ2v) is 10.8. The molecule has 174 valence electrons. The monoisotopic (exact) mass is 445 g/mol. The van der Waals surface area contributed by atoms with Crippen molar-refractivity contribution in [2.45, 2.75) is 46.1 Å². The maximum Gasteiger partial charge on any atom is 0.295 e. The fraction of sp³-hybridized carbons (Fsp3) is 0.464. The highest BCUT2D eigenvalue weighted by molar-refractivity contribution is 6.07. The molecule has 0 aromatic heterocycles. The summed E-state index contributed by atoms with van der Waals surface area (Å²) in [4.78, 5) is 20.3. The van der Waals surface area contributed by atoms with Crippen molar-refractivity contribution in [2.75, 3.05) is 37.7 Å². The Labute approximate surface area is 197 Å². The van der Waals surface area contributed by atoms with E-state index in [2.05, 4.69) is 54.8 Å². The molecule has 5 rings (SSSR count). The molecule has 1 saturated heterocycles. The van der Waals surface area contributed by atoms with Crippen LogP contribution < -0.4 is 4.90 Å². The van der Waals surface area contributed by atoms with Gasteiger partial charge in [-0.2, -0.15) is 0 Å². The first kappa shape index (κ1) is 22.0. The molecular weight excluding hydrogens is 410 g/mol. The van der Waals surface area contributed by atoms with E-state index in [1.807, 2.05) is 35.2 Å². The van der Waals surface area contributed by atoms with E-state index >= 15 is 0 Å². The molecule has 3 aliphatic rings. The number of hydrogen-bond acceptors (Lipinski definition) is 4. The largest absolute Gasteiger partial charge is 0.482 e. The summed E-state index contributed by atoms with van der Waals surface area (Å²) in [7, 11) is 0. The van der Waals surface area contributed by atoms with Crippen molar-refractivity contribution in [3.8, 4) is 0 Å². The van der Waals surface area contributed by atoms with Crippen LogP contribution in [0.2, 0.25) is 0 Å². The number of benzene rings is 2. The normalized spacial score (nSPS) is 19.7. The van der Waals surface area contributed by atoms with Crippen LogP contribution >= 0.6 is 0 Å². The van der Waals surface area contributed by atoms with Gasteiger partial charge in [-0.1, -0.05) is 63.2 Å². The molecule has 0 saturated carbocycles. The number of anilines is 1. The summed E-state index contributed by atoms with van der Waals surface area (Å²) >= 11 is 0. The lowest BCUT2D eigenvalue weighted by molar-refractivity contribution is -0.118. The van der Waals surface area contributed by atoms with Crippen LogP contribution in [0, 0.1) is 5.41 Å². The molecule has 0 bridgehead atoms. The minimum Gasteiger partial charge on any atom is -0.482 e. The molecule has 0 N–H and O–H groups in total. The standard InChI is InChI=1S/C28H35N3O2/c1-28(2,3)13-14-29-15-16-30(20-29)25-19-31(23-11-5-4-6-12-23)27(32)26(25)33-24-17-21-9-7-8-10-22(21)18-24/h4-12,24H,13-20H2,1-3H3. The first-order valence-corrected chi connectivity index (χ1v) is 12.2. The van der Waals surface area contributed by atoms with Crippen LogP contribution in [0.25, 0.3) is 0 Å². The maximum atomic E-state index is 13.6. The lowest BCUT2D eigenvalue weighted by atomic mass is 9.92. The van der Waals surface area contributed by atoms with Crippen molar-refractivity contribution in [3.63, 3.8) is 0 Å². The molecule has 1 fully saturated rings. The molecule has 2 aromatic rings. The Kier molecular flexibility index (Phi) is 5.92. The van der Waals surface area contributed by atoms with E-state index in [9.17, 15) is 4.79 Å². The zero-order valence-electron chi connectivity index (χ0n) is 20.1. The summed E-state index contributed by atoms with van der Waals surface area (Å²) in [6, 6.07) is 18.5. The molecule has 0 unspecified atom stereocenters. The van der Waals surface area contributed by atoms with E-state index in [1.54, 1.807) is 0 Å². The third kappa shape index (κ3) is 4.79. The van der Waals surface area contributed by atoms with Crippen LogP contribution in [0.4, 0.5) is 5.69 Å². The van der Waals surface area contributed by atoms with Crippen molar-refractivity contribution in [3.05, 3.63) is 77.2 Å². The Morgan fingerprint density at radius 2 is 1.61 bits per heavy atom. The van der Waals surface area contributed by atoms with E-state index in [-0.39, 0.29) is 12.0 Å². The third-order valence-corrected chi connectivity index (χ3v) is 6.99. The molecule has 2 aromatic carbocycles.